The van der Waals surface area contributed by atoms with Gasteiger partial charge >= 0.3 is 0 Å². The summed E-state index contributed by atoms with van der Waals surface area (Å²) in [5.74, 6) is 0.299. The van der Waals surface area contributed by atoms with Crippen molar-refractivity contribution in [2.75, 3.05) is 4.90 Å². The van der Waals surface area contributed by atoms with Gasteiger partial charge in [-0.05, 0) is 0 Å². The fourth-order valence-corrected chi connectivity index (χ4v) is 2.31. The molecule has 0 saturated carbocycles. The Morgan fingerprint density at radius 3 is 3.18 bits per heavy atom. The summed E-state index contributed by atoms with van der Waals surface area (Å²) in [6.07, 6.45) is 6.82. The van der Waals surface area contributed by atoms with Crippen molar-refractivity contribution in [1.29, 1.82) is 0 Å². The maximum absolute atomic E-state index is 11.0. The van der Waals surface area contributed by atoms with Crippen LogP contribution in [0.2, 0.25) is 0 Å². The molecule has 1 aliphatic heterocycles. The average Bonchev–Trinajstić information content (AvgIpc) is 2.97. The van der Waals surface area contributed by atoms with E-state index in [-0.39, 0.29) is 0 Å². The van der Waals surface area contributed by atoms with E-state index in [0.717, 1.165) is 16.5 Å². The fourth-order valence-electron chi connectivity index (χ4n) is 1.56. The van der Waals surface area contributed by atoms with E-state index >= 15 is 0 Å². The van der Waals surface area contributed by atoms with Gasteiger partial charge in [-0.3, -0.25) is 4.79 Å². The smallest absolute Gasteiger partial charge is 0.260 e. The van der Waals surface area contributed by atoms with Gasteiger partial charge < -0.3 is 15.2 Å². The van der Waals surface area contributed by atoms with Crippen LogP contribution in [0.4, 0.5) is 5.13 Å². The molecule has 0 saturated heterocycles. The number of hydrogen-bond donors (Lipinski definition) is 1. The number of amides is 1. The molecule has 1 amide bonds. The number of carbonyl (C=O) groups excluding carboxylic acids is 1. The molecule has 7 heteroatoms. The molecule has 0 fully saturated rings. The highest BCUT2D eigenvalue weighted by molar-refractivity contribution is 7.17. The number of anilines is 1. The maximum atomic E-state index is 11.0. The first-order chi connectivity index (χ1) is 8.24. The summed E-state index contributed by atoms with van der Waals surface area (Å²) in [5.41, 5.74) is 6.18. The van der Waals surface area contributed by atoms with Crippen LogP contribution in [0, 0.1) is 0 Å². The van der Waals surface area contributed by atoms with Crippen LogP contribution in [0.5, 0.6) is 0 Å². The normalized spacial score (nSPS) is 13.8. The van der Waals surface area contributed by atoms with Gasteiger partial charge in [0.2, 0.25) is 0 Å². The lowest BCUT2D eigenvalue weighted by Crippen LogP contribution is -2.17. The van der Waals surface area contributed by atoms with Crippen LogP contribution in [0.1, 0.15) is 21.0 Å². The number of thiazole rings is 1. The summed E-state index contributed by atoms with van der Waals surface area (Å²) >= 11 is 1.26. The Morgan fingerprint density at radius 1 is 1.53 bits per heavy atom. The number of aromatic nitrogens is 2. The molecular weight excluding hydrogens is 240 g/mol. The maximum Gasteiger partial charge on any atom is 0.260 e. The van der Waals surface area contributed by atoms with Gasteiger partial charge in [-0.15, -0.1) is 0 Å². The zero-order valence-electron chi connectivity index (χ0n) is 8.66. The van der Waals surface area contributed by atoms with Crippen molar-refractivity contribution in [3.8, 4) is 0 Å². The van der Waals surface area contributed by atoms with Crippen LogP contribution >= 0.6 is 11.3 Å². The van der Waals surface area contributed by atoms with Crippen LogP contribution in [-0.2, 0) is 6.54 Å². The summed E-state index contributed by atoms with van der Waals surface area (Å²) in [6.45, 7) is 0.626. The Kier molecular flexibility index (Phi) is 2.19. The van der Waals surface area contributed by atoms with E-state index in [0.29, 0.717) is 11.4 Å². The van der Waals surface area contributed by atoms with Crippen LogP contribution in [-0.4, -0.2) is 16.0 Å². The molecule has 0 radical (unpaired) electrons. The third-order valence-electron chi connectivity index (χ3n) is 2.40. The topological polar surface area (TPSA) is 85.3 Å². The van der Waals surface area contributed by atoms with Crippen molar-refractivity contribution in [3.63, 3.8) is 0 Å². The largest absolute Gasteiger partial charge is 0.365 e. The molecule has 3 heterocycles. The second-order valence-corrected chi connectivity index (χ2v) is 4.54. The van der Waals surface area contributed by atoms with E-state index in [2.05, 4.69) is 10.1 Å². The van der Waals surface area contributed by atoms with Crippen LogP contribution in [0.25, 0.3) is 6.08 Å². The highest BCUT2D eigenvalue weighted by atomic mass is 32.1. The molecule has 0 atom stereocenters. The number of fused-ring (bicyclic) bond motifs is 1. The fraction of sp³-hybridized carbons (Fsp3) is 0.100. The third-order valence-corrected chi connectivity index (χ3v) is 3.45. The Hall–Kier alpha value is -2.15. The van der Waals surface area contributed by atoms with Gasteiger partial charge in [-0.2, -0.15) is 0 Å². The third kappa shape index (κ3) is 1.70. The number of nitrogens with zero attached hydrogens (tertiary/aromatic N) is 3. The molecule has 2 aromatic heterocycles. The summed E-state index contributed by atoms with van der Waals surface area (Å²) in [5, 5.41) is 4.45. The van der Waals surface area contributed by atoms with Gasteiger partial charge in [-0.25, -0.2) is 4.98 Å². The molecule has 1 aliphatic rings. The number of carbonyl (C=O) groups is 1. The predicted octanol–water partition coefficient (Wildman–Crippen LogP) is 1.22. The molecule has 3 rings (SSSR count). The molecular formula is C10H8N4O2S. The first-order valence-corrected chi connectivity index (χ1v) is 5.70. The lowest BCUT2D eigenvalue weighted by molar-refractivity contribution is 0.100. The minimum absolute atomic E-state index is 0.449. The molecule has 0 unspecified atom stereocenters. The van der Waals surface area contributed by atoms with E-state index in [9.17, 15) is 4.79 Å². The van der Waals surface area contributed by atoms with E-state index < -0.39 is 5.91 Å². The summed E-state index contributed by atoms with van der Waals surface area (Å²) < 4.78 is 5.03. The van der Waals surface area contributed by atoms with Gasteiger partial charge in [0.15, 0.2) is 10.9 Å². The molecule has 0 aromatic carbocycles. The molecule has 0 spiro atoms. The summed E-state index contributed by atoms with van der Waals surface area (Å²) in [6, 6.07) is 0. The Labute approximate surface area is 100 Å². The highest BCUT2D eigenvalue weighted by Gasteiger charge is 2.18. The van der Waals surface area contributed by atoms with Gasteiger partial charge in [-0.1, -0.05) is 16.5 Å². The molecule has 0 aliphatic carbocycles. The minimum Gasteiger partial charge on any atom is -0.365 e. The standard InChI is InChI=1S/C10H8N4O2S/c11-9(15)8-4-12-10(17-8)14-2-1-7-6(5-14)3-13-16-7/h1-4H,5H2,(H2,11,15). The summed E-state index contributed by atoms with van der Waals surface area (Å²) in [7, 11) is 0. The lowest BCUT2D eigenvalue weighted by Gasteiger charge is -2.18. The molecule has 86 valence electrons. The molecule has 2 N–H and O–H groups in total. The quantitative estimate of drug-likeness (QED) is 0.863. The van der Waals surface area contributed by atoms with Crippen molar-refractivity contribution < 1.29 is 9.32 Å². The second-order valence-electron chi connectivity index (χ2n) is 3.53. The number of nitrogens with two attached hydrogens (primary N) is 1. The number of hydrogen-bond acceptors (Lipinski definition) is 6. The molecule has 6 nitrogen and oxygen atoms in total. The first kappa shape index (κ1) is 10.0. The molecule has 2 aromatic rings. The van der Waals surface area contributed by atoms with Crippen molar-refractivity contribution in [1.82, 2.24) is 10.1 Å². The zero-order chi connectivity index (χ0) is 11.8. The van der Waals surface area contributed by atoms with E-state index in [1.807, 2.05) is 17.2 Å². The van der Waals surface area contributed by atoms with Crippen molar-refractivity contribution >= 4 is 28.5 Å². The molecule has 0 bridgehead atoms. The van der Waals surface area contributed by atoms with E-state index in [1.165, 1.54) is 17.5 Å². The van der Waals surface area contributed by atoms with Gasteiger partial charge in [0.1, 0.15) is 4.88 Å². The monoisotopic (exact) mass is 248 g/mol. The first-order valence-electron chi connectivity index (χ1n) is 4.88. The Bertz CT molecular complexity index is 601. The summed E-state index contributed by atoms with van der Waals surface area (Å²) in [4.78, 5) is 17.5. The molecule has 17 heavy (non-hydrogen) atoms. The lowest BCUT2D eigenvalue weighted by atomic mass is 10.2. The van der Waals surface area contributed by atoms with Gasteiger partial charge in [0.05, 0.1) is 18.9 Å². The number of rotatable bonds is 2. The SMILES string of the molecule is NC(=O)c1cnc(N2C=Cc3oncc3C2)s1. The van der Waals surface area contributed by atoms with Crippen molar-refractivity contribution in [3.05, 3.63) is 34.8 Å². The van der Waals surface area contributed by atoms with Crippen LogP contribution in [0.3, 0.4) is 0 Å². The van der Waals surface area contributed by atoms with Gasteiger partial charge in [0, 0.05) is 17.8 Å². The van der Waals surface area contributed by atoms with Crippen molar-refractivity contribution in [2.45, 2.75) is 6.54 Å². The minimum atomic E-state index is -0.458. The van der Waals surface area contributed by atoms with E-state index in [4.69, 9.17) is 10.3 Å². The number of primary amides is 1. The zero-order valence-corrected chi connectivity index (χ0v) is 9.48. The average molecular weight is 248 g/mol. The second kappa shape index (κ2) is 3.70. The van der Waals surface area contributed by atoms with Crippen LogP contribution in [0.15, 0.2) is 23.1 Å². The Morgan fingerprint density at radius 2 is 2.41 bits per heavy atom. The van der Waals surface area contributed by atoms with E-state index in [1.54, 1.807) is 6.20 Å². The van der Waals surface area contributed by atoms with Crippen molar-refractivity contribution in [2.24, 2.45) is 5.73 Å². The Balaban J connectivity index is 1.89. The van der Waals surface area contributed by atoms with Gasteiger partial charge in [0.25, 0.3) is 5.91 Å². The highest BCUT2D eigenvalue weighted by Crippen LogP contribution is 2.28. The van der Waals surface area contributed by atoms with Crippen LogP contribution < -0.4 is 10.6 Å². The predicted molar refractivity (Wildman–Crippen MR) is 62.4 cm³/mol.